The van der Waals surface area contributed by atoms with Gasteiger partial charge < -0.3 is 20.5 Å². The van der Waals surface area contributed by atoms with E-state index in [9.17, 15) is 19.5 Å². The van der Waals surface area contributed by atoms with Crippen LogP contribution in [0.25, 0.3) is 0 Å². The van der Waals surface area contributed by atoms with E-state index in [1.165, 1.54) is 0 Å². The van der Waals surface area contributed by atoms with Crippen LogP contribution in [0, 0.1) is 17.2 Å². The minimum atomic E-state index is -1.20. The first-order valence-corrected chi connectivity index (χ1v) is 9.79. The lowest BCUT2D eigenvalue weighted by Gasteiger charge is -2.24. The second-order valence-electron chi connectivity index (χ2n) is 7.34. The SMILES string of the molecule is CC(C)[C@@H](NC(=O)OCc1ccccc1)C(=O)N[C@@H](Cc1ccc(C#N)cc1)C(=O)O. The van der Waals surface area contributed by atoms with Crippen molar-refractivity contribution in [2.24, 2.45) is 5.92 Å². The number of hydrogen-bond acceptors (Lipinski definition) is 5. The number of nitrogens with one attached hydrogen (secondary N) is 2. The molecule has 2 amide bonds. The molecule has 0 bridgehead atoms. The standard InChI is InChI=1S/C23H25N3O5/c1-15(2)20(26-23(30)31-14-18-6-4-3-5-7-18)21(27)25-19(22(28)29)12-16-8-10-17(13-24)11-9-16/h3-11,15,19-20H,12,14H2,1-2H3,(H,25,27)(H,26,30)(H,28,29)/t19-,20+/m0/s1. The number of carbonyl (C=O) groups excluding carboxylic acids is 2. The monoisotopic (exact) mass is 423 g/mol. The van der Waals surface area contributed by atoms with Gasteiger partial charge in [-0.2, -0.15) is 5.26 Å². The number of alkyl carbamates (subject to hydrolysis) is 1. The molecule has 31 heavy (non-hydrogen) atoms. The Labute approximate surface area is 180 Å². The van der Waals surface area contributed by atoms with Crippen molar-refractivity contribution < 1.29 is 24.2 Å². The van der Waals surface area contributed by atoms with Gasteiger partial charge in [0.05, 0.1) is 11.6 Å². The molecule has 2 rings (SSSR count). The third-order valence-electron chi connectivity index (χ3n) is 4.57. The molecule has 0 saturated heterocycles. The van der Waals surface area contributed by atoms with Gasteiger partial charge in [-0.15, -0.1) is 0 Å². The maximum atomic E-state index is 12.7. The molecule has 2 atom stereocenters. The van der Waals surface area contributed by atoms with Gasteiger partial charge in [-0.25, -0.2) is 9.59 Å². The van der Waals surface area contributed by atoms with Gasteiger partial charge in [0, 0.05) is 6.42 Å². The van der Waals surface area contributed by atoms with Crippen LogP contribution in [0.4, 0.5) is 4.79 Å². The zero-order valence-electron chi connectivity index (χ0n) is 17.4. The summed E-state index contributed by atoms with van der Waals surface area (Å²) in [6.45, 7) is 3.52. The molecule has 8 nitrogen and oxygen atoms in total. The van der Waals surface area contributed by atoms with E-state index in [1.54, 1.807) is 50.2 Å². The molecular weight excluding hydrogens is 398 g/mol. The van der Waals surface area contributed by atoms with Crippen molar-refractivity contribution in [3.8, 4) is 6.07 Å². The summed E-state index contributed by atoms with van der Waals surface area (Å²) in [5.41, 5.74) is 1.91. The first-order valence-electron chi connectivity index (χ1n) is 9.79. The fraction of sp³-hybridized carbons (Fsp3) is 0.304. The van der Waals surface area contributed by atoms with Gasteiger partial charge in [-0.1, -0.05) is 56.3 Å². The number of carbonyl (C=O) groups is 3. The minimum Gasteiger partial charge on any atom is -0.480 e. The molecule has 2 aromatic rings. The van der Waals surface area contributed by atoms with Crippen LogP contribution in [-0.2, 0) is 27.4 Å². The molecule has 0 unspecified atom stereocenters. The van der Waals surface area contributed by atoms with E-state index in [2.05, 4.69) is 10.6 Å². The van der Waals surface area contributed by atoms with Crippen molar-refractivity contribution in [2.75, 3.05) is 0 Å². The molecule has 0 aromatic heterocycles. The van der Waals surface area contributed by atoms with Crippen LogP contribution in [0.3, 0.4) is 0 Å². The number of aliphatic carboxylic acids is 1. The average Bonchev–Trinajstić information content (AvgIpc) is 2.76. The van der Waals surface area contributed by atoms with Crippen LogP contribution in [0.1, 0.15) is 30.5 Å². The van der Waals surface area contributed by atoms with Gasteiger partial charge in [0.2, 0.25) is 5.91 Å². The highest BCUT2D eigenvalue weighted by molar-refractivity contribution is 5.89. The quantitative estimate of drug-likeness (QED) is 0.569. The summed E-state index contributed by atoms with van der Waals surface area (Å²) < 4.78 is 5.16. The summed E-state index contributed by atoms with van der Waals surface area (Å²) in [6, 6.07) is 15.4. The summed E-state index contributed by atoms with van der Waals surface area (Å²) in [5.74, 6) is -2.12. The molecule has 0 fully saturated rings. The third kappa shape index (κ3) is 7.48. The molecule has 8 heteroatoms. The van der Waals surface area contributed by atoms with Gasteiger partial charge in [0.25, 0.3) is 0 Å². The Morgan fingerprint density at radius 3 is 2.19 bits per heavy atom. The Balaban J connectivity index is 1.98. The Hall–Kier alpha value is -3.86. The van der Waals surface area contributed by atoms with Gasteiger partial charge in [0.1, 0.15) is 18.7 Å². The van der Waals surface area contributed by atoms with Crippen LogP contribution in [0.2, 0.25) is 0 Å². The van der Waals surface area contributed by atoms with Crippen molar-refractivity contribution >= 4 is 18.0 Å². The molecule has 0 aliphatic heterocycles. The summed E-state index contributed by atoms with van der Waals surface area (Å²) in [6.07, 6.45) is -0.729. The molecular formula is C23H25N3O5. The molecule has 0 saturated carbocycles. The fourth-order valence-electron chi connectivity index (χ4n) is 2.84. The molecule has 3 N–H and O–H groups in total. The summed E-state index contributed by atoms with van der Waals surface area (Å²) in [7, 11) is 0. The topological polar surface area (TPSA) is 129 Å². The summed E-state index contributed by atoms with van der Waals surface area (Å²) in [5, 5.41) is 23.4. The highest BCUT2D eigenvalue weighted by atomic mass is 16.5. The molecule has 2 aromatic carbocycles. The smallest absolute Gasteiger partial charge is 0.408 e. The van der Waals surface area contributed by atoms with Crippen LogP contribution < -0.4 is 10.6 Å². The molecule has 0 heterocycles. The van der Waals surface area contributed by atoms with Crippen LogP contribution in [-0.4, -0.2) is 35.2 Å². The summed E-state index contributed by atoms with van der Waals surface area (Å²) >= 11 is 0. The van der Waals surface area contributed by atoms with E-state index in [0.29, 0.717) is 11.1 Å². The van der Waals surface area contributed by atoms with Gasteiger partial charge in [-0.3, -0.25) is 4.79 Å². The van der Waals surface area contributed by atoms with Gasteiger partial charge in [0.15, 0.2) is 0 Å². The zero-order valence-corrected chi connectivity index (χ0v) is 17.4. The number of nitrogens with zero attached hydrogens (tertiary/aromatic N) is 1. The van der Waals surface area contributed by atoms with Crippen LogP contribution in [0.5, 0.6) is 0 Å². The van der Waals surface area contributed by atoms with E-state index in [4.69, 9.17) is 10.00 Å². The Morgan fingerprint density at radius 2 is 1.65 bits per heavy atom. The Bertz CT molecular complexity index is 936. The lowest BCUT2D eigenvalue weighted by atomic mass is 10.0. The lowest BCUT2D eigenvalue weighted by molar-refractivity contribution is -0.142. The number of carboxylic acids is 1. The number of benzene rings is 2. The van der Waals surface area contributed by atoms with E-state index in [1.807, 2.05) is 24.3 Å². The predicted octanol–water partition coefficient (Wildman–Crippen LogP) is 2.62. The van der Waals surface area contributed by atoms with E-state index < -0.39 is 30.1 Å². The third-order valence-corrected chi connectivity index (χ3v) is 4.57. The van der Waals surface area contributed by atoms with Gasteiger partial charge in [-0.05, 0) is 29.2 Å². The van der Waals surface area contributed by atoms with Gasteiger partial charge >= 0.3 is 12.1 Å². The van der Waals surface area contributed by atoms with Crippen molar-refractivity contribution in [2.45, 2.75) is 39.0 Å². The number of ether oxygens (including phenoxy) is 1. The summed E-state index contributed by atoms with van der Waals surface area (Å²) in [4.78, 5) is 36.5. The van der Waals surface area contributed by atoms with Crippen LogP contribution in [0.15, 0.2) is 54.6 Å². The van der Waals surface area contributed by atoms with Crippen molar-refractivity contribution in [1.82, 2.24) is 10.6 Å². The molecule has 162 valence electrons. The number of rotatable bonds is 9. The van der Waals surface area contributed by atoms with E-state index >= 15 is 0 Å². The maximum Gasteiger partial charge on any atom is 0.408 e. The largest absolute Gasteiger partial charge is 0.480 e. The molecule has 0 aliphatic rings. The molecule has 0 spiro atoms. The number of hydrogen-bond donors (Lipinski definition) is 3. The second-order valence-corrected chi connectivity index (χ2v) is 7.34. The first-order chi connectivity index (χ1) is 14.8. The average molecular weight is 423 g/mol. The fourth-order valence-corrected chi connectivity index (χ4v) is 2.84. The lowest BCUT2D eigenvalue weighted by Crippen LogP contribution is -2.54. The zero-order chi connectivity index (χ0) is 22.8. The highest BCUT2D eigenvalue weighted by Gasteiger charge is 2.29. The molecule has 0 aliphatic carbocycles. The Morgan fingerprint density at radius 1 is 1.00 bits per heavy atom. The maximum absolute atomic E-state index is 12.7. The van der Waals surface area contributed by atoms with E-state index in [-0.39, 0.29) is 18.9 Å². The van der Waals surface area contributed by atoms with Crippen molar-refractivity contribution in [3.05, 3.63) is 71.3 Å². The first kappa shape index (κ1) is 23.4. The predicted molar refractivity (Wildman–Crippen MR) is 113 cm³/mol. The molecule has 0 radical (unpaired) electrons. The number of carboxylic acid groups (broad SMARTS) is 1. The van der Waals surface area contributed by atoms with Crippen molar-refractivity contribution in [1.29, 1.82) is 5.26 Å². The van der Waals surface area contributed by atoms with Crippen LogP contribution >= 0.6 is 0 Å². The number of nitriles is 1. The second kappa shape index (κ2) is 11.4. The number of amides is 2. The highest BCUT2D eigenvalue weighted by Crippen LogP contribution is 2.09. The van der Waals surface area contributed by atoms with E-state index in [0.717, 1.165) is 5.56 Å². The normalized spacial score (nSPS) is 12.3. The Kier molecular flexibility index (Phi) is 8.58. The van der Waals surface area contributed by atoms with Crippen molar-refractivity contribution in [3.63, 3.8) is 0 Å². The minimum absolute atomic E-state index is 0.0377.